The van der Waals surface area contributed by atoms with Crippen LogP contribution in [0.5, 0.6) is 0 Å². The summed E-state index contributed by atoms with van der Waals surface area (Å²) in [5.41, 5.74) is 2.80. The number of nitrogens with zero attached hydrogens (tertiary/aromatic N) is 2. The molecule has 1 unspecified atom stereocenters. The van der Waals surface area contributed by atoms with Crippen LogP contribution in [0.1, 0.15) is 18.4 Å². The predicted octanol–water partition coefficient (Wildman–Crippen LogP) is 2.71. The third kappa shape index (κ3) is 3.03. The molecule has 2 aliphatic heterocycles. The molecule has 1 N–H and O–H groups in total. The van der Waals surface area contributed by atoms with Crippen molar-refractivity contribution in [1.29, 1.82) is 0 Å². The molecule has 4 nitrogen and oxygen atoms in total. The van der Waals surface area contributed by atoms with Gasteiger partial charge in [0.15, 0.2) is 0 Å². The highest BCUT2D eigenvalue weighted by Crippen LogP contribution is 2.37. The maximum atomic E-state index is 6.28. The lowest BCUT2D eigenvalue weighted by atomic mass is 9.82. The topological polar surface area (TPSA) is 31.5 Å². The Morgan fingerprint density at radius 3 is 2.91 bits per heavy atom. The maximum absolute atomic E-state index is 6.28. The van der Waals surface area contributed by atoms with Crippen molar-refractivity contribution in [3.8, 4) is 0 Å². The summed E-state index contributed by atoms with van der Waals surface area (Å²) in [7, 11) is 4.30. The van der Waals surface area contributed by atoms with Crippen molar-refractivity contribution < 1.29 is 4.74 Å². The van der Waals surface area contributed by atoms with E-state index in [-0.39, 0.29) is 5.60 Å². The Labute approximate surface area is 138 Å². The Balaban J connectivity index is 1.33. The number of likely N-dealkylation sites (tertiary alicyclic amines) is 1. The van der Waals surface area contributed by atoms with Gasteiger partial charge in [0.1, 0.15) is 0 Å². The summed E-state index contributed by atoms with van der Waals surface area (Å²) >= 11 is 0. The summed E-state index contributed by atoms with van der Waals surface area (Å²) in [6.45, 7) is 5.28. The fourth-order valence-corrected chi connectivity index (χ4v) is 4.24. The van der Waals surface area contributed by atoms with Crippen LogP contribution in [0, 0.1) is 5.92 Å². The number of ether oxygens (including phenoxy) is 1. The van der Waals surface area contributed by atoms with Crippen LogP contribution in [0.25, 0.3) is 10.9 Å². The van der Waals surface area contributed by atoms with E-state index in [1.807, 2.05) is 6.20 Å². The zero-order chi connectivity index (χ0) is 15.9. The summed E-state index contributed by atoms with van der Waals surface area (Å²) in [6.07, 6.45) is 4.55. The lowest BCUT2D eigenvalue weighted by Gasteiger charge is -2.53. The molecule has 0 amide bonds. The Morgan fingerprint density at radius 2 is 2.17 bits per heavy atom. The SMILES string of the molecule is CN(C)CC1CCC2(CN(Cc3cccc4[nH]ccc34)C2)OC1. The second kappa shape index (κ2) is 5.93. The number of rotatable bonds is 4. The predicted molar refractivity (Wildman–Crippen MR) is 93.5 cm³/mol. The minimum atomic E-state index is 0.148. The number of aromatic amines is 1. The number of H-pyrrole nitrogens is 1. The van der Waals surface area contributed by atoms with Crippen LogP contribution in [0.15, 0.2) is 30.5 Å². The zero-order valence-corrected chi connectivity index (χ0v) is 14.2. The number of nitrogens with one attached hydrogen (secondary N) is 1. The first-order valence-electron chi connectivity index (χ1n) is 8.70. The van der Waals surface area contributed by atoms with Crippen molar-refractivity contribution in [2.75, 3.05) is 40.3 Å². The molecule has 2 aliphatic rings. The van der Waals surface area contributed by atoms with E-state index in [0.29, 0.717) is 5.92 Å². The molecular formula is C19H27N3O. The fourth-order valence-electron chi connectivity index (χ4n) is 4.24. The average molecular weight is 313 g/mol. The van der Waals surface area contributed by atoms with Gasteiger partial charge in [-0.3, -0.25) is 4.90 Å². The molecule has 2 fully saturated rings. The van der Waals surface area contributed by atoms with E-state index in [4.69, 9.17) is 4.74 Å². The molecule has 0 radical (unpaired) electrons. The Kier molecular flexibility index (Phi) is 3.92. The van der Waals surface area contributed by atoms with E-state index < -0.39 is 0 Å². The summed E-state index contributed by atoms with van der Waals surface area (Å²) < 4.78 is 6.28. The highest BCUT2D eigenvalue weighted by atomic mass is 16.5. The number of fused-ring (bicyclic) bond motifs is 1. The molecule has 1 spiro atoms. The van der Waals surface area contributed by atoms with Crippen molar-refractivity contribution >= 4 is 10.9 Å². The molecule has 23 heavy (non-hydrogen) atoms. The van der Waals surface area contributed by atoms with Crippen LogP contribution >= 0.6 is 0 Å². The Bertz CT molecular complexity index is 662. The summed E-state index contributed by atoms with van der Waals surface area (Å²) in [6, 6.07) is 8.72. The van der Waals surface area contributed by atoms with Crippen LogP contribution in [0.2, 0.25) is 0 Å². The van der Waals surface area contributed by atoms with E-state index >= 15 is 0 Å². The van der Waals surface area contributed by atoms with Gasteiger partial charge in [-0.1, -0.05) is 12.1 Å². The van der Waals surface area contributed by atoms with Crippen LogP contribution in [-0.4, -0.2) is 60.7 Å². The molecular weight excluding hydrogens is 286 g/mol. The molecule has 4 rings (SSSR count). The minimum absolute atomic E-state index is 0.148. The van der Waals surface area contributed by atoms with Crippen molar-refractivity contribution in [1.82, 2.24) is 14.8 Å². The first kappa shape index (κ1) is 15.2. The molecule has 1 atom stereocenters. The lowest BCUT2D eigenvalue weighted by Crippen LogP contribution is -2.64. The molecule has 0 aliphatic carbocycles. The van der Waals surface area contributed by atoms with Crippen LogP contribution in [0.3, 0.4) is 0 Å². The smallest absolute Gasteiger partial charge is 0.0935 e. The van der Waals surface area contributed by atoms with E-state index in [0.717, 1.165) is 32.8 Å². The van der Waals surface area contributed by atoms with E-state index in [9.17, 15) is 0 Å². The summed E-state index contributed by atoms with van der Waals surface area (Å²) in [5.74, 6) is 0.707. The molecule has 1 aromatic heterocycles. The van der Waals surface area contributed by atoms with Gasteiger partial charge in [0, 0.05) is 43.3 Å². The van der Waals surface area contributed by atoms with Crippen molar-refractivity contribution in [3.63, 3.8) is 0 Å². The van der Waals surface area contributed by atoms with Gasteiger partial charge < -0.3 is 14.6 Å². The third-order valence-electron chi connectivity index (χ3n) is 5.36. The quantitative estimate of drug-likeness (QED) is 0.942. The van der Waals surface area contributed by atoms with Gasteiger partial charge in [-0.15, -0.1) is 0 Å². The molecule has 1 aromatic carbocycles. The normalized spacial score (nSPS) is 24.4. The first-order chi connectivity index (χ1) is 11.1. The molecule has 2 saturated heterocycles. The summed E-state index contributed by atoms with van der Waals surface area (Å²) in [4.78, 5) is 8.10. The second-order valence-electron chi connectivity index (χ2n) is 7.66. The van der Waals surface area contributed by atoms with Crippen molar-refractivity contribution in [3.05, 3.63) is 36.0 Å². The lowest BCUT2D eigenvalue weighted by molar-refractivity contribution is -0.182. The van der Waals surface area contributed by atoms with E-state index in [1.165, 1.54) is 29.3 Å². The van der Waals surface area contributed by atoms with Gasteiger partial charge in [0.2, 0.25) is 0 Å². The third-order valence-corrected chi connectivity index (χ3v) is 5.36. The first-order valence-corrected chi connectivity index (χ1v) is 8.70. The Hall–Kier alpha value is -1.36. The fraction of sp³-hybridized carbons (Fsp3) is 0.579. The molecule has 0 saturated carbocycles. The van der Waals surface area contributed by atoms with Gasteiger partial charge in [-0.05, 0) is 50.6 Å². The monoisotopic (exact) mass is 313 g/mol. The number of hydrogen-bond donors (Lipinski definition) is 1. The van der Waals surface area contributed by atoms with Crippen LogP contribution in [-0.2, 0) is 11.3 Å². The Morgan fingerprint density at radius 1 is 1.30 bits per heavy atom. The molecule has 0 bridgehead atoms. The maximum Gasteiger partial charge on any atom is 0.0935 e. The molecule has 2 aromatic rings. The highest BCUT2D eigenvalue weighted by molar-refractivity contribution is 5.82. The second-order valence-corrected chi connectivity index (χ2v) is 7.66. The van der Waals surface area contributed by atoms with Gasteiger partial charge >= 0.3 is 0 Å². The molecule has 124 valence electrons. The van der Waals surface area contributed by atoms with Gasteiger partial charge in [0.05, 0.1) is 12.2 Å². The zero-order valence-electron chi connectivity index (χ0n) is 14.2. The number of hydrogen-bond acceptors (Lipinski definition) is 3. The standard InChI is InChI=1S/C19H27N3O/c1-21(2)10-15-6-8-19(23-12-15)13-22(14-19)11-16-4-3-5-18-17(16)7-9-20-18/h3-5,7,9,15,20H,6,8,10-14H2,1-2H3. The molecule has 4 heteroatoms. The largest absolute Gasteiger partial charge is 0.372 e. The van der Waals surface area contributed by atoms with Gasteiger partial charge in [-0.25, -0.2) is 0 Å². The van der Waals surface area contributed by atoms with Crippen LogP contribution < -0.4 is 0 Å². The van der Waals surface area contributed by atoms with E-state index in [2.05, 4.69) is 53.1 Å². The average Bonchev–Trinajstić information content (AvgIpc) is 2.96. The number of aromatic nitrogens is 1. The number of benzene rings is 1. The van der Waals surface area contributed by atoms with Crippen molar-refractivity contribution in [2.24, 2.45) is 5.92 Å². The van der Waals surface area contributed by atoms with Gasteiger partial charge in [-0.2, -0.15) is 0 Å². The summed E-state index contributed by atoms with van der Waals surface area (Å²) in [5, 5.41) is 1.35. The van der Waals surface area contributed by atoms with E-state index in [1.54, 1.807) is 0 Å². The van der Waals surface area contributed by atoms with Crippen LogP contribution in [0.4, 0.5) is 0 Å². The highest BCUT2D eigenvalue weighted by Gasteiger charge is 2.46. The van der Waals surface area contributed by atoms with Gasteiger partial charge in [0.25, 0.3) is 0 Å². The molecule has 3 heterocycles. The minimum Gasteiger partial charge on any atom is -0.372 e. The van der Waals surface area contributed by atoms with Crippen molar-refractivity contribution in [2.45, 2.75) is 25.0 Å².